The van der Waals surface area contributed by atoms with Gasteiger partial charge in [0.05, 0.1) is 12.2 Å². The van der Waals surface area contributed by atoms with Crippen LogP contribution in [-0.4, -0.2) is 43.5 Å². The number of ether oxygens (including phenoxy) is 1. The van der Waals surface area contributed by atoms with Gasteiger partial charge in [-0.3, -0.25) is 9.59 Å². The van der Waals surface area contributed by atoms with Crippen molar-refractivity contribution < 1.29 is 14.3 Å². The molecule has 1 heterocycles. The van der Waals surface area contributed by atoms with E-state index in [0.717, 1.165) is 28.7 Å². The molecule has 0 aromatic heterocycles. The Morgan fingerprint density at radius 3 is 2.54 bits per heavy atom. The first-order valence-electron chi connectivity index (χ1n) is 9.67. The number of nitrogens with zero attached hydrogens (tertiary/aromatic N) is 1. The van der Waals surface area contributed by atoms with Crippen LogP contribution in [0.1, 0.15) is 56.3 Å². The predicted molar refractivity (Wildman–Crippen MR) is 110 cm³/mol. The summed E-state index contributed by atoms with van der Waals surface area (Å²) in [5.74, 6) is 0.612. The highest BCUT2D eigenvalue weighted by molar-refractivity contribution is 5.98. The SMILES string of the molecule is CNC(=O)c1ccc(Cc2cc3c(c(C)c2C)OCC[C@H](C)N(C)C3=O)cc1. The summed E-state index contributed by atoms with van der Waals surface area (Å²) >= 11 is 0. The van der Waals surface area contributed by atoms with Crippen molar-refractivity contribution in [3.8, 4) is 5.75 Å². The average molecular weight is 380 g/mol. The second-order valence-corrected chi connectivity index (χ2v) is 7.52. The highest BCUT2D eigenvalue weighted by Crippen LogP contribution is 2.33. The third kappa shape index (κ3) is 3.75. The predicted octanol–water partition coefficient (Wildman–Crippen LogP) is 3.50. The third-order valence-corrected chi connectivity index (χ3v) is 5.78. The molecule has 0 unspecified atom stereocenters. The summed E-state index contributed by atoms with van der Waals surface area (Å²) < 4.78 is 6.00. The van der Waals surface area contributed by atoms with E-state index in [2.05, 4.69) is 12.2 Å². The molecule has 1 aliphatic rings. The van der Waals surface area contributed by atoms with Crippen molar-refractivity contribution in [2.24, 2.45) is 0 Å². The molecule has 1 aliphatic heterocycles. The molecule has 5 nitrogen and oxygen atoms in total. The summed E-state index contributed by atoms with van der Waals surface area (Å²) in [4.78, 5) is 26.6. The average Bonchev–Trinajstić information content (AvgIpc) is 2.70. The van der Waals surface area contributed by atoms with Crippen LogP contribution in [-0.2, 0) is 6.42 Å². The molecule has 0 saturated heterocycles. The van der Waals surface area contributed by atoms with Crippen molar-refractivity contribution in [2.45, 2.75) is 39.7 Å². The number of carbonyl (C=O) groups excluding carboxylic acids is 2. The van der Waals surface area contributed by atoms with Gasteiger partial charge in [0.15, 0.2) is 0 Å². The van der Waals surface area contributed by atoms with Gasteiger partial charge in [0.2, 0.25) is 0 Å². The van der Waals surface area contributed by atoms with Crippen molar-refractivity contribution in [3.63, 3.8) is 0 Å². The smallest absolute Gasteiger partial charge is 0.257 e. The third-order valence-electron chi connectivity index (χ3n) is 5.78. The van der Waals surface area contributed by atoms with E-state index in [0.29, 0.717) is 29.9 Å². The monoisotopic (exact) mass is 380 g/mol. The lowest BCUT2D eigenvalue weighted by Crippen LogP contribution is -2.38. The van der Waals surface area contributed by atoms with Gasteiger partial charge in [-0.1, -0.05) is 12.1 Å². The second-order valence-electron chi connectivity index (χ2n) is 7.52. The van der Waals surface area contributed by atoms with Gasteiger partial charge in [-0.15, -0.1) is 0 Å². The molecule has 1 N–H and O–H groups in total. The molecular formula is C23H28N2O3. The Kier molecular flexibility index (Phi) is 5.73. The first kappa shape index (κ1) is 19.9. The van der Waals surface area contributed by atoms with Gasteiger partial charge in [-0.05, 0) is 67.6 Å². The van der Waals surface area contributed by atoms with E-state index in [1.807, 2.05) is 51.2 Å². The summed E-state index contributed by atoms with van der Waals surface area (Å²) in [5.41, 5.74) is 5.62. The highest BCUT2D eigenvalue weighted by Gasteiger charge is 2.26. The largest absolute Gasteiger partial charge is 0.492 e. The van der Waals surface area contributed by atoms with Crippen molar-refractivity contribution in [1.82, 2.24) is 10.2 Å². The number of rotatable bonds is 3. The Bertz CT molecular complexity index is 903. The summed E-state index contributed by atoms with van der Waals surface area (Å²) in [7, 11) is 3.48. The summed E-state index contributed by atoms with van der Waals surface area (Å²) in [6, 6.07) is 9.69. The van der Waals surface area contributed by atoms with Gasteiger partial charge in [0.25, 0.3) is 11.8 Å². The summed E-state index contributed by atoms with van der Waals surface area (Å²) in [5, 5.41) is 2.63. The Morgan fingerprint density at radius 2 is 1.89 bits per heavy atom. The molecule has 28 heavy (non-hydrogen) atoms. The second kappa shape index (κ2) is 8.05. The van der Waals surface area contributed by atoms with Crippen LogP contribution < -0.4 is 10.1 Å². The van der Waals surface area contributed by atoms with E-state index in [9.17, 15) is 9.59 Å². The first-order valence-corrected chi connectivity index (χ1v) is 9.67. The van der Waals surface area contributed by atoms with E-state index >= 15 is 0 Å². The Balaban J connectivity index is 1.97. The Morgan fingerprint density at radius 1 is 1.21 bits per heavy atom. The highest BCUT2D eigenvalue weighted by atomic mass is 16.5. The molecule has 0 fully saturated rings. The van der Waals surface area contributed by atoms with Crippen LogP contribution in [0, 0.1) is 13.8 Å². The molecule has 0 radical (unpaired) electrons. The molecule has 0 bridgehead atoms. The minimum atomic E-state index is -0.0976. The fourth-order valence-electron chi connectivity index (χ4n) is 3.54. The standard InChI is InChI=1S/C23H28N2O3/c1-14-10-11-28-21-16(3)15(2)19(13-20(21)23(27)25(14)5)12-17-6-8-18(9-7-17)22(26)24-4/h6-9,13-14H,10-12H2,1-5H3,(H,24,26)/t14-/m0/s1. The fourth-order valence-corrected chi connectivity index (χ4v) is 3.54. The molecule has 2 aromatic rings. The van der Waals surface area contributed by atoms with Crippen LogP contribution in [0.3, 0.4) is 0 Å². The lowest BCUT2D eigenvalue weighted by Gasteiger charge is -2.30. The lowest BCUT2D eigenvalue weighted by atomic mass is 9.92. The lowest BCUT2D eigenvalue weighted by molar-refractivity contribution is 0.0699. The van der Waals surface area contributed by atoms with Gasteiger partial charge in [-0.25, -0.2) is 0 Å². The fraction of sp³-hybridized carbons (Fsp3) is 0.391. The molecular weight excluding hydrogens is 352 g/mol. The zero-order chi connectivity index (χ0) is 20.4. The summed E-state index contributed by atoms with van der Waals surface area (Å²) in [6.45, 7) is 6.74. The maximum Gasteiger partial charge on any atom is 0.257 e. The van der Waals surface area contributed by atoms with Crippen LogP contribution in [0.25, 0.3) is 0 Å². The van der Waals surface area contributed by atoms with Crippen LogP contribution >= 0.6 is 0 Å². The maximum absolute atomic E-state index is 13.0. The van der Waals surface area contributed by atoms with Crippen molar-refractivity contribution in [2.75, 3.05) is 20.7 Å². The van der Waals surface area contributed by atoms with Crippen LogP contribution in [0.5, 0.6) is 5.75 Å². The van der Waals surface area contributed by atoms with E-state index in [-0.39, 0.29) is 17.9 Å². The molecule has 3 rings (SSSR count). The molecule has 0 saturated carbocycles. The van der Waals surface area contributed by atoms with Crippen molar-refractivity contribution in [3.05, 3.63) is 63.7 Å². The van der Waals surface area contributed by atoms with Gasteiger partial charge >= 0.3 is 0 Å². The van der Waals surface area contributed by atoms with Gasteiger partial charge < -0.3 is 15.0 Å². The maximum atomic E-state index is 13.0. The molecule has 148 valence electrons. The van der Waals surface area contributed by atoms with Crippen LogP contribution in [0.4, 0.5) is 0 Å². The summed E-state index contributed by atoms with van der Waals surface area (Å²) in [6.07, 6.45) is 1.51. The van der Waals surface area contributed by atoms with E-state index in [1.54, 1.807) is 11.9 Å². The Hall–Kier alpha value is -2.82. The molecule has 5 heteroatoms. The van der Waals surface area contributed by atoms with E-state index in [1.165, 1.54) is 0 Å². The number of fused-ring (bicyclic) bond motifs is 1. The van der Waals surface area contributed by atoms with Gasteiger partial charge in [0, 0.05) is 32.1 Å². The molecule has 0 aliphatic carbocycles. The van der Waals surface area contributed by atoms with E-state index < -0.39 is 0 Å². The zero-order valence-electron chi connectivity index (χ0n) is 17.3. The van der Waals surface area contributed by atoms with E-state index in [4.69, 9.17) is 4.74 Å². The molecule has 2 amide bonds. The topological polar surface area (TPSA) is 58.6 Å². The zero-order valence-corrected chi connectivity index (χ0v) is 17.3. The number of hydrogen-bond donors (Lipinski definition) is 1. The number of benzene rings is 2. The quantitative estimate of drug-likeness (QED) is 0.887. The molecule has 2 aromatic carbocycles. The normalized spacial score (nSPS) is 16.7. The van der Waals surface area contributed by atoms with Crippen molar-refractivity contribution >= 4 is 11.8 Å². The van der Waals surface area contributed by atoms with Crippen molar-refractivity contribution in [1.29, 1.82) is 0 Å². The van der Waals surface area contributed by atoms with Gasteiger partial charge in [0.1, 0.15) is 5.75 Å². The number of nitrogens with one attached hydrogen (secondary N) is 1. The minimum Gasteiger partial charge on any atom is -0.492 e. The first-order chi connectivity index (χ1) is 13.3. The van der Waals surface area contributed by atoms with Crippen LogP contribution in [0.2, 0.25) is 0 Å². The Labute approximate surface area is 166 Å². The number of carbonyl (C=O) groups is 2. The minimum absolute atomic E-state index is 0.00140. The number of amides is 2. The van der Waals surface area contributed by atoms with Gasteiger partial charge in [-0.2, -0.15) is 0 Å². The molecule has 1 atom stereocenters. The molecule has 0 spiro atoms. The van der Waals surface area contributed by atoms with Crippen LogP contribution in [0.15, 0.2) is 30.3 Å². The number of hydrogen-bond acceptors (Lipinski definition) is 3.